The zero-order valence-electron chi connectivity index (χ0n) is 59.1. The second-order valence-corrected chi connectivity index (χ2v) is 30.4. The molecule has 6 rings (SSSR count). The predicted molar refractivity (Wildman–Crippen MR) is 362 cm³/mol. The molecular formula is C75H98F8O12S2. The molecule has 0 aliphatic heterocycles. The van der Waals surface area contributed by atoms with Crippen LogP contribution in [0, 0.1) is 28.1 Å². The summed E-state index contributed by atoms with van der Waals surface area (Å²) >= 11 is 0. The quantitative estimate of drug-likeness (QED) is 0.0195. The summed E-state index contributed by atoms with van der Waals surface area (Å²) in [4.78, 5) is 51.0. The van der Waals surface area contributed by atoms with Crippen LogP contribution >= 0.6 is 0 Å². The number of hydrogen-bond acceptors (Lipinski definition) is 12. The average molecular weight is 1410 g/mol. The summed E-state index contributed by atoms with van der Waals surface area (Å²) in [5.74, 6) is 4.44. The van der Waals surface area contributed by atoms with E-state index in [4.69, 9.17) is 19.3 Å². The number of carbonyl (C=O) groups is 4. The van der Waals surface area contributed by atoms with Crippen molar-refractivity contribution < 1.29 is 91.3 Å². The maximum absolute atomic E-state index is 13.3. The van der Waals surface area contributed by atoms with Gasteiger partial charge in [-0.05, 0) is 230 Å². The molecule has 0 amide bonds. The molecule has 1 aliphatic carbocycles. The summed E-state index contributed by atoms with van der Waals surface area (Å²) in [6.07, 6.45) is -6.16. The number of benzene rings is 5. The van der Waals surface area contributed by atoms with Crippen molar-refractivity contribution in [2.75, 3.05) is 0 Å². The Balaban J connectivity index is 0.000000424. The fraction of sp³-hybridized carbons (Fsp3) is 0.520. The second kappa shape index (κ2) is 36.2. The first kappa shape index (κ1) is 86.1. The molecular weight excluding hydrogens is 1310 g/mol. The molecule has 538 valence electrons. The van der Waals surface area contributed by atoms with Crippen molar-refractivity contribution in [3.8, 4) is 17.6 Å². The van der Waals surface area contributed by atoms with Crippen molar-refractivity contribution in [1.82, 2.24) is 0 Å². The first-order valence-electron chi connectivity index (χ1n) is 32.2. The van der Waals surface area contributed by atoms with Gasteiger partial charge < -0.3 is 28.6 Å². The van der Waals surface area contributed by atoms with Crippen LogP contribution in [0.3, 0.4) is 0 Å². The van der Waals surface area contributed by atoms with Gasteiger partial charge in [-0.25, -0.2) is 13.2 Å². The zero-order chi connectivity index (χ0) is 74.4. The van der Waals surface area contributed by atoms with Crippen molar-refractivity contribution >= 4 is 44.9 Å². The Morgan fingerprint density at radius 1 is 0.546 bits per heavy atom. The highest BCUT2D eigenvalue weighted by molar-refractivity contribution is 7.97. The number of alkyl halides is 8. The van der Waals surface area contributed by atoms with E-state index in [0.717, 1.165) is 76.6 Å². The number of aromatic hydroxyl groups is 1. The third-order valence-corrected chi connectivity index (χ3v) is 19.7. The molecule has 0 heterocycles. The zero-order valence-corrected chi connectivity index (χ0v) is 60.7. The van der Waals surface area contributed by atoms with Gasteiger partial charge >= 0.3 is 41.5 Å². The van der Waals surface area contributed by atoms with Crippen LogP contribution in [-0.2, 0) is 60.5 Å². The molecule has 3 atom stereocenters. The van der Waals surface area contributed by atoms with E-state index in [0.29, 0.717) is 24.5 Å². The van der Waals surface area contributed by atoms with Gasteiger partial charge in [0.1, 0.15) is 11.4 Å². The lowest BCUT2D eigenvalue weighted by molar-refractivity contribution is -0.248. The predicted octanol–water partition coefficient (Wildman–Crippen LogP) is 19.9. The molecule has 1 aliphatic rings. The molecule has 0 bridgehead atoms. The van der Waals surface area contributed by atoms with E-state index in [1.165, 1.54) is 30.5 Å². The van der Waals surface area contributed by atoms with Crippen LogP contribution in [0.25, 0.3) is 0 Å². The average Bonchev–Trinajstić information content (AvgIpc) is 1.20. The standard InChI is InChI=1S/C20H34O4.C19H14F3S.C14H15F5O5S.C12H22O2.C10H14O/c1-11-17(3,4)15(21)23-19(7,8)13-14-20(9,10)24-16(22)18(5,6)12-2;20-19(21,22)15-11-13-18(14-12-15)23(16-7-3-1-4-8-16)17-9-5-2-6-10-17;1-3-8(2)9-4-6-10(7-5-9)11(20)24-12(13(15,16)17)14(18,19)25(21,22)23;1-5-11(2,3)10(13)14-12(4)8-6-7-9-12;1-3-8(2)9-4-6-10(11)7-5-9/h11-12H2,1-10H3;1-14H;4-8,12H,3H2,1-2H3,(H,21,22,23);5-9H2,1-4H3;4-8,11H,3H2,1-2H3/q;+1;;;/p-1. The number of carbonyl (C=O) groups excluding carboxylic acids is 4. The van der Waals surface area contributed by atoms with E-state index in [9.17, 15) is 67.3 Å². The summed E-state index contributed by atoms with van der Waals surface area (Å²) in [5.41, 5.74) is -2.58. The van der Waals surface area contributed by atoms with Crippen LogP contribution in [0.5, 0.6) is 5.75 Å². The van der Waals surface area contributed by atoms with E-state index in [1.54, 1.807) is 52.0 Å². The molecule has 12 nitrogen and oxygen atoms in total. The summed E-state index contributed by atoms with van der Waals surface area (Å²) < 4.78 is 154. The van der Waals surface area contributed by atoms with Gasteiger partial charge in [0, 0.05) is 0 Å². The van der Waals surface area contributed by atoms with Gasteiger partial charge in [0.25, 0.3) is 6.10 Å². The highest BCUT2D eigenvalue weighted by Gasteiger charge is 2.63. The largest absolute Gasteiger partial charge is 0.743 e. The molecule has 3 unspecified atom stereocenters. The fourth-order valence-electron chi connectivity index (χ4n) is 8.27. The van der Waals surface area contributed by atoms with Gasteiger partial charge in [-0.2, -0.15) is 35.1 Å². The van der Waals surface area contributed by atoms with Gasteiger partial charge in [0.15, 0.2) is 36.0 Å². The van der Waals surface area contributed by atoms with Gasteiger partial charge in [-0.15, -0.1) is 0 Å². The van der Waals surface area contributed by atoms with Crippen LogP contribution in [0.15, 0.2) is 148 Å². The molecule has 5 aromatic rings. The minimum atomic E-state index is -6.71. The Labute approximate surface area is 572 Å². The van der Waals surface area contributed by atoms with Gasteiger partial charge in [0.05, 0.1) is 38.3 Å². The van der Waals surface area contributed by atoms with Crippen LogP contribution in [0.2, 0.25) is 0 Å². The van der Waals surface area contributed by atoms with E-state index >= 15 is 0 Å². The number of phenolic OH excluding ortho intramolecular Hbond substituents is 1. The highest BCUT2D eigenvalue weighted by Crippen LogP contribution is 2.40. The maximum atomic E-state index is 13.3. The lowest BCUT2D eigenvalue weighted by Crippen LogP contribution is -2.52. The van der Waals surface area contributed by atoms with Crippen molar-refractivity contribution in [2.45, 2.75) is 249 Å². The third-order valence-electron chi connectivity index (χ3n) is 16.6. The normalized spacial score (nSPS) is 14.4. The Bertz CT molecular complexity index is 3360. The van der Waals surface area contributed by atoms with Crippen LogP contribution in [0.1, 0.15) is 221 Å². The minimum Gasteiger partial charge on any atom is -0.743 e. The van der Waals surface area contributed by atoms with Crippen molar-refractivity contribution in [1.29, 1.82) is 0 Å². The number of esters is 4. The molecule has 5 aromatic carbocycles. The van der Waals surface area contributed by atoms with Gasteiger partial charge in [-0.1, -0.05) is 121 Å². The smallest absolute Gasteiger partial charge is 0.432 e. The number of phenols is 1. The van der Waals surface area contributed by atoms with Gasteiger partial charge in [-0.3, -0.25) is 14.4 Å². The third kappa shape index (κ3) is 27.7. The number of rotatable bonds is 20. The lowest BCUT2D eigenvalue weighted by Gasteiger charge is -2.29. The van der Waals surface area contributed by atoms with Crippen LogP contribution in [-0.4, -0.2) is 76.3 Å². The summed E-state index contributed by atoms with van der Waals surface area (Å²) in [5, 5.41) is 3.15. The summed E-state index contributed by atoms with van der Waals surface area (Å²) in [7, 11) is -7.13. The molecule has 1 N–H and O–H groups in total. The van der Waals surface area contributed by atoms with Crippen molar-refractivity contribution in [2.24, 2.45) is 16.2 Å². The highest BCUT2D eigenvalue weighted by atomic mass is 32.2. The van der Waals surface area contributed by atoms with Crippen molar-refractivity contribution in [3.05, 3.63) is 156 Å². The van der Waals surface area contributed by atoms with E-state index in [-0.39, 0.29) is 34.8 Å². The topological polar surface area (TPSA) is 183 Å². The molecule has 1 fully saturated rings. The molecule has 1 saturated carbocycles. The Kier molecular flexibility index (Phi) is 32.2. The fourth-order valence-corrected chi connectivity index (χ4v) is 10.8. The van der Waals surface area contributed by atoms with Crippen LogP contribution in [0.4, 0.5) is 35.1 Å². The Morgan fingerprint density at radius 2 is 0.897 bits per heavy atom. The minimum absolute atomic E-state index is 0.0376. The summed E-state index contributed by atoms with van der Waals surface area (Å²) in [6, 6.07) is 37.5. The number of ether oxygens (including phenoxy) is 4. The van der Waals surface area contributed by atoms with E-state index in [1.807, 2.05) is 149 Å². The second-order valence-electron chi connectivity index (χ2n) is 26.9. The SMILES string of the molecule is CCC(C)(C)C(=O)OC(C)(C)C#CC(C)(C)OC(=O)C(C)(C)CC.CCC(C)(C)C(=O)OC1(C)CCCC1.CCC(C)c1ccc(C(=O)OC(C(F)(F)F)C(F)(F)S(=O)(=O)[O-])cc1.CCC(C)c1ccc(O)cc1.FC(F)(F)c1ccc([S+](c2ccccc2)c2ccccc2)cc1. The first-order chi connectivity index (χ1) is 44.5. The van der Waals surface area contributed by atoms with Crippen LogP contribution < -0.4 is 0 Å². The molecule has 0 spiro atoms. The number of halogens is 8. The maximum Gasteiger partial charge on any atom is 0.432 e. The molecule has 0 aromatic heterocycles. The summed E-state index contributed by atoms with van der Waals surface area (Å²) in [6.45, 7) is 34.3. The molecule has 0 radical (unpaired) electrons. The lowest BCUT2D eigenvalue weighted by atomic mass is 9.90. The van der Waals surface area contributed by atoms with Gasteiger partial charge in [0.2, 0.25) is 0 Å². The van der Waals surface area contributed by atoms with E-state index in [2.05, 4.69) is 37.3 Å². The monoisotopic (exact) mass is 1410 g/mol. The number of hydrogen-bond donors (Lipinski definition) is 1. The Hall–Kier alpha value is -6.96. The molecule has 0 saturated heterocycles. The molecule has 22 heteroatoms. The van der Waals surface area contributed by atoms with Crippen molar-refractivity contribution in [3.63, 3.8) is 0 Å². The first-order valence-corrected chi connectivity index (χ1v) is 34.9. The molecule has 97 heavy (non-hydrogen) atoms. The van der Waals surface area contributed by atoms with E-state index < -0.39 is 83.9 Å². The Morgan fingerprint density at radius 3 is 1.23 bits per heavy atom.